The summed E-state index contributed by atoms with van der Waals surface area (Å²) in [6, 6.07) is 3.33. The van der Waals surface area contributed by atoms with Crippen LogP contribution in [0.4, 0.5) is 10.1 Å². The quantitative estimate of drug-likeness (QED) is 0.533. The number of hydrogen-bond donors (Lipinski definition) is 2. The van der Waals surface area contributed by atoms with Gasteiger partial charge in [0.1, 0.15) is 12.2 Å². The maximum absolute atomic E-state index is 15.1. The Morgan fingerprint density at radius 3 is 2.94 bits per heavy atom. The third kappa shape index (κ3) is 4.69. The summed E-state index contributed by atoms with van der Waals surface area (Å²) < 4.78 is 22.5. The lowest BCUT2D eigenvalue weighted by molar-refractivity contribution is -0.00316. The van der Waals surface area contributed by atoms with Crippen molar-refractivity contribution < 1.29 is 19.0 Å². The minimum Gasteiger partial charge on any atom is -0.387 e. The van der Waals surface area contributed by atoms with Gasteiger partial charge in [0.2, 0.25) is 0 Å². The van der Waals surface area contributed by atoms with Crippen molar-refractivity contribution in [2.24, 2.45) is 5.73 Å². The number of carbonyl (C=O) groups excluding carboxylic acids is 1. The molecule has 11 heteroatoms. The summed E-state index contributed by atoms with van der Waals surface area (Å²) in [4.78, 5) is 22.2. The fourth-order valence-electron chi connectivity index (χ4n) is 4.15. The van der Waals surface area contributed by atoms with E-state index in [4.69, 9.17) is 15.7 Å². The average molecular weight is 468 g/mol. The molecule has 34 heavy (non-hydrogen) atoms. The van der Waals surface area contributed by atoms with Gasteiger partial charge in [-0.25, -0.2) is 13.9 Å². The van der Waals surface area contributed by atoms with E-state index >= 15 is 4.39 Å². The van der Waals surface area contributed by atoms with Crippen molar-refractivity contribution in [1.82, 2.24) is 19.6 Å². The zero-order chi connectivity index (χ0) is 24.5. The molecule has 3 aromatic heterocycles. The minimum atomic E-state index is -1.61. The van der Waals surface area contributed by atoms with Crippen LogP contribution in [0, 0.1) is 11.3 Å². The number of rotatable bonds is 7. The third-order valence-electron chi connectivity index (χ3n) is 6.08. The van der Waals surface area contributed by atoms with Gasteiger partial charge in [0.05, 0.1) is 60.6 Å². The number of aliphatic hydroxyl groups is 1. The number of primary amides is 1. The number of nitrogens with two attached hydrogens (primary N) is 1. The maximum Gasteiger partial charge on any atom is 0.252 e. The van der Waals surface area contributed by atoms with Gasteiger partial charge in [-0.1, -0.05) is 0 Å². The van der Waals surface area contributed by atoms with Crippen molar-refractivity contribution in [3.8, 4) is 6.07 Å². The summed E-state index contributed by atoms with van der Waals surface area (Å²) in [7, 11) is 0. The molecule has 0 spiro atoms. The Morgan fingerprint density at radius 1 is 1.44 bits per heavy atom. The van der Waals surface area contributed by atoms with Crippen molar-refractivity contribution >= 4 is 17.2 Å². The van der Waals surface area contributed by atoms with Crippen molar-refractivity contribution in [2.75, 3.05) is 24.7 Å². The van der Waals surface area contributed by atoms with Crippen molar-refractivity contribution in [3.63, 3.8) is 0 Å². The SMILES string of the molecule is CC(C)(O)[C@H](F)CN(c1ccncc1C(N)=O)C1COCC(c2cnn3cc(C#N)cnc23)C1. The van der Waals surface area contributed by atoms with Gasteiger partial charge >= 0.3 is 0 Å². The van der Waals surface area contributed by atoms with Crippen LogP contribution in [0.3, 0.4) is 0 Å². The number of alkyl halides is 1. The molecule has 1 aliphatic heterocycles. The number of amides is 1. The largest absolute Gasteiger partial charge is 0.387 e. The molecule has 0 aliphatic carbocycles. The lowest BCUT2D eigenvalue weighted by Gasteiger charge is -2.41. The molecule has 10 nitrogen and oxygen atoms in total. The molecule has 1 amide bonds. The van der Waals surface area contributed by atoms with Crippen LogP contribution < -0.4 is 10.6 Å². The summed E-state index contributed by atoms with van der Waals surface area (Å²) >= 11 is 0. The highest BCUT2D eigenvalue weighted by molar-refractivity contribution is 5.98. The standard InChI is InChI=1S/C23H26FN7O3/c1-23(2,33)20(24)11-30(19-3-4-27-8-18(19)21(26)32)16-5-15(12-34-13-16)17-9-29-31-10-14(6-25)7-28-22(17)31/h3-4,7-10,15-16,20,33H,5,11-13H2,1-2H3,(H2,26,32)/t15?,16?,20-/m1/s1. The molecular formula is C23H26FN7O3. The highest BCUT2D eigenvalue weighted by Crippen LogP contribution is 2.34. The number of aromatic nitrogens is 4. The van der Waals surface area contributed by atoms with E-state index in [1.165, 1.54) is 32.4 Å². The summed E-state index contributed by atoms with van der Waals surface area (Å²) in [5.41, 5.74) is 6.42. The van der Waals surface area contributed by atoms with Crippen molar-refractivity contribution in [3.05, 3.63) is 53.7 Å². The number of nitriles is 1. The first kappa shape index (κ1) is 23.5. The Kier molecular flexibility index (Phi) is 6.45. The first-order chi connectivity index (χ1) is 16.2. The molecule has 4 rings (SSSR count). The molecule has 2 unspecified atom stereocenters. The molecule has 3 aromatic rings. The van der Waals surface area contributed by atoms with Gasteiger partial charge in [0.15, 0.2) is 5.65 Å². The number of anilines is 1. The highest BCUT2D eigenvalue weighted by atomic mass is 19.1. The number of ether oxygens (including phenoxy) is 1. The smallest absolute Gasteiger partial charge is 0.252 e. The Labute approximate surface area is 195 Å². The van der Waals surface area contributed by atoms with Crippen LogP contribution in [-0.2, 0) is 4.74 Å². The molecule has 0 radical (unpaired) electrons. The molecule has 3 N–H and O–H groups in total. The monoisotopic (exact) mass is 467 g/mol. The second-order valence-electron chi connectivity index (χ2n) is 8.98. The number of nitrogens with zero attached hydrogens (tertiary/aromatic N) is 6. The van der Waals surface area contributed by atoms with Crippen LogP contribution in [0.5, 0.6) is 0 Å². The Hall–Kier alpha value is -3.62. The Morgan fingerprint density at radius 2 is 2.24 bits per heavy atom. The predicted molar refractivity (Wildman–Crippen MR) is 121 cm³/mol. The zero-order valence-corrected chi connectivity index (χ0v) is 18.9. The van der Waals surface area contributed by atoms with E-state index in [0.717, 1.165) is 5.56 Å². The van der Waals surface area contributed by atoms with Gasteiger partial charge in [0.25, 0.3) is 5.91 Å². The van der Waals surface area contributed by atoms with Crippen molar-refractivity contribution in [2.45, 2.75) is 44.0 Å². The Balaban J connectivity index is 1.68. The first-order valence-electron chi connectivity index (χ1n) is 10.9. The first-order valence-corrected chi connectivity index (χ1v) is 10.9. The summed E-state index contributed by atoms with van der Waals surface area (Å²) in [6.07, 6.45) is 6.60. The summed E-state index contributed by atoms with van der Waals surface area (Å²) in [5.74, 6) is -0.793. The second-order valence-corrected chi connectivity index (χ2v) is 8.98. The normalized spacial score (nSPS) is 19.5. The van der Waals surface area contributed by atoms with E-state index in [-0.39, 0.29) is 24.1 Å². The molecule has 1 fully saturated rings. The molecule has 1 aliphatic rings. The van der Waals surface area contributed by atoms with E-state index in [1.54, 1.807) is 27.9 Å². The van der Waals surface area contributed by atoms with Crippen LogP contribution in [0.15, 0.2) is 37.1 Å². The zero-order valence-electron chi connectivity index (χ0n) is 18.9. The van der Waals surface area contributed by atoms with E-state index < -0.39 is 17.7 Å². The fraction of sp³-hybridized carbons (Fsp3) is 0.435. The molecule has 0 aromatic carbocycles. The van der Waals surface area contributed by atoms with Gasteiger partial charge in [-0.2, -0.15) is 10.4 Å². The van der Waals surface area contributed by atoms with E-state index in [0.29, 0.717) is 36.5 Å². The van der Waals surface area contributed by atoms with E-state index in [9.17, 15) is 9.90 Å². The maximum atomic E-state index is 15.1. The number of carbonyl (C=O) groups is 1. The highest BCUT2D eigenvalue weighted by Gasteiger charge is 2.36. The second kappa shape index (κ2) is 9.32. The van der Waals surface area contributed by atoms with Gasteiger partial charge in [-0.05, 0) is 26.3 Å². The van der Waals surface area contributed by atoms with Gasteiger partial charge in [0, 0.05) is 30.1 Å². The number of fused-ring (bicyclic) bond motifs is 1. The molecule has 4 heterocycles. The molecule has 0 saturated carbocycles. The van der Waals surface area contributed by atoms with Crippen LogP contribution in [0.1, 0.15) is 47.7 Å². The summed E-state index contributed by atoms with van der Waals surface area (Å²) in [5, 5.41) is 23.7. The number of halogens is 1. The van der Waals surface area contributed by atoms with Gasteiger partial charge < -0.3 is 20.5 Å². The number of pyridine rings is 1. The lowest BCUT2D eigenvalue weighted by atomic mass is 9.91. The van der Waals surface area contributed by atoms with Crippen LogP contribution in [-0.4, -0.2) is 68.2 Å². The molecular weight excluding hydrogens is 441 g/mol. The molecule has 1 saturated heterocycles. The van der Waals surface area contributed by atoms with Crippen LogP contribution >= 0.6 is 0 Å². The van der Waals surface area contributed by atoms with Crippen molar-refractivity contribution in [1.29, 1.82) is 5.26 Å². The van der Waals surface area contributed by atoms with Crippen LogP contribution in [0.25, 0.3) is 5.65 Å². The number of hydrogen-bond acceptors (Lipinski definition) is 8. The average Bonchev–Trinajstić information content (AvgIpc) is 3.25. The minimum absolute atomic E-state index is 0.113. The van der Waals surface area contributed by atoms with Crippen LogP contribution in [0.2, 0.25) is 0 Å². The lowest BCUT2D eigenvalue weighted by Crippen LogP contribution is -2.50. The molecule has 178 valence electrons. The topological polar surface area (TPSA) is 143 Å². The van der Waals surface area contributed by atoms with Gasteiger partial charge in [-0.15, -0.1) is 0 Å². The fourth-order valence-corrected chi connectivity index (χ4v) is 4.15. The molecule has 0 bridgehead atoms. The summed E-state index contributed by atoms with van der Waals surface area (Å²) in [6.45, 7) is 3.33. The third-order valence-corrected chi connectivity index (χ3v) is 6.08. The Bertz CT molecular complexity index is 1230. The predicted octanol–water partition coefficient (Wildman–Crippen LogP) is 1.58. The van der Waals surface area contributed by atoms with E-state index in [2.05, 4.69) is 15.1 Å². The molecule has 3 atom stereocenters. The van der Waals surface area contributed by atoms with Gasteiger partial charge in [-0.3, -0.25) is 9.78 Å². The van der Waals surface area contributed by atoms with E-state index in [1.807, 2.05) is 6.07 Å².